The summed E-state index contributed by atoms with van der Waals surface area (Å²) in [5.41, 5.74) is 6.70. The van der Waals surface area contributed by atoms with Crippen LogP contribution >= 0.6 is 24.4 Å². The van der Waals surface area contributed by atoms with Crippen molar-refractivity contribution in [2.75, 3.05) is 46.6 Å². The summed E-state index contributed by atoms with van der Waals surface area (Å²) < 4.78 is 10.8. The largest absolute Gasteiger partial charge is 0.377 e. The molecule has 2 amide bonds. The lowest BCUT2D eigenvalue weighted by Crippen LogP contribution is -2.35. The number of hydrogen-bond donors (Lipinski definition) is 4. The molecule has 4 N–H and O–H groups in total. The van der Waals surface area contributed by atoms with Crippen LogP contribution < -0.4 is 21.5 Å². The van der Waals surface area contributed by atoms with Crippen LogP contribution in [0.25, 0.3) is 0 Å². The maximum absolute atomic E-state index is 11.4. The highest BCUT2D eigenvalue weighted by molar-refractivity contribution is 7.80. The van der Waals surface area contributed by atoms with Crippen molar-refractivity contribution in [1.29, 1.82) is 0 Å². The summed E-state index contributed by atoms with van der Waals surface area (Å²) in [6.07, 6.45) is 2.49. The Kier molecular flexibility index (Phi) is 12.3. The van der Waals surface area contributed by atoms with Gasteiger partial charge in [0.2, 0.25) is 0 Å². The fourth-order valence-corrected chi connectivity index (χ4v) is 2.09. The number of nitrogens with zero attached hydrogens (tertiary/aromatic N) is 3. The standard InChI is InChI=1S/C17H27N7O4S2/c1-12(20-22-16(29)18-3)13(2)21-23-17(30)19-6-8-27-10-11-28-9-7-24-14(25)4-5-15(24)26/h4-5H,6-11H2,1-3H3,(H2,18,22,29)(H2,19,23,30)/b20-12+,21-13+. The highest BCUT2D eigenvalue weighted by Crippen LogP contribution is 2.02. The molecule has 0 saturated heterocycles. The SMILES string of the molecule is CNC(=S)N/N=C(C)/C(C)=N/NC(=S)NCCOCCOCCN1C(=O)C=CC1=O. The number of hydrogen-bond acceptors (Lipinski definition) is 8. The Balaban J connectivity index is 2.04. The molecule has 0 radical (unpaired) electrons. The van der Waals surface area contributed by atoms with Crippen LogP contribution in [0.15, 0.2) is 22.4 Å². The third-order valence-electron chi connectivity index (χ3n) is 3.66. The van der Waals surface area contributed by atoms with Crippen LogP contribution in [0, 0.1) is 0 Å². The highest BCUT2D eigenvalue weighted by atomic mass is 32.1. The molecule has 0 bridgehead atoms. The Morgan fingerprint density at radius 1 is 0.933 bits per heavy atom. The van der Waals surface area contributed by atoms with E-state index in [4.69, 9.17) is 33.9 Å². The number of hydrazone groups is 2. The van der Waals surface area contributed by atoms with Crippen LogP contribution in [0.5, 0.6) is 0 Å². The molecule has 0 unspecified atom stereocenters. The van der Waals surface area contributed by atoms with Crippen molar-refractivity contribution in [3.8, 4) is 0 Å². The average Bonchev–Trinajstić information content (AvgIpc) is 3.06. The maximum Gasteiger partial charge on any atom is 0.253 e. The van der Waals surface area contributed by atoms with Gasteiger partial charge < -0.3 is 20.1 Å². The van der Waals surface area contributed by atoms with Crippen molar-refractivity contribution in [3.05, 3.63) is 12.2 Å². The smallest absolute Gasteiger partial charge is 0.253 e. The topological polar surface area (TPSA) is 129 Å². The Hall–Kier alpha value is -2.48. The highest BCUT2D eigenvalue weighted by Gasteiger charge is 2.22. The van der Waals surface area contributed by atoms with Crippen molar-refractivity contribution >= 4 is 57.9 Å². The first-order chi connectivity index (χ1) is 14.3. The summed E-state index contributed by atoms with van der Waals surface area (Å²) in [5.74, 6) is -0.626. The molecule has 0 fully saturated rings. The predicted octanol–water partition coefficient (Wildman–Crippen LogP) is -0.746. The third-order valence-corrected chi connectivity index (χ3v) is 4.20. The molecule has 1 heterocycles. The van der Waals surface area contributed by atoms with Gasteiger partial charge in [-0.2, -0.15) is 10.2 Å². The molecule has 166 valence electrons. The zero-order valence-corrected chi connectivity index (χ0v) is 18.8. The summed E-state index contributed by atoms with van der Waals surface area (Å²) >= 11 is 10.1. The zero-order chi connectivity index (χ0) is 22.4. The second kappa shape index (κ2) is 14.5. The van der Waals surface area contributed by atoms with E-state index in [-0.39, 0.29) is 25.0 Å². The monoisotopic (exact) mass is 457 g/mol. The van der Waals surface area contributed by atoms with Gasteiger partial charge >= 0.3 is 0 Å². The fourth-order valence-electron chi connectivity index (χ4n) is 1.89. The molecule has 0 atom stereocenters. The van der Waals surface area contributed by atoms with E-state index in [0.29, 0.717) is 48.0 Å². The number of thiocarbonyl (C=S) groups is 2. The van der Waals surface area contributed by atoms with Gasteiger partial charge in [0, 0.05) is 25.7 Å². The van der Waals surface area contributed by atoms with Crippen LogP contribution in [0.3, 0.4) is 0 Å². The van der Waals surface area contributed by atoms with Gasteiger partial charge in [-0.25, -0.2) is 0 Å². The molecular weight excluding hydrogens is 430 g/mol. The van der Waals surface area contributed by atoms with Crippen LogP contribution in [0.1, 0.15) is 13.8 Å². The second-order valence-electron chi connectivity index (χ2n) is 5.84. The number of carbonyl (C=O) groups is 2. The van der Waals surface area contributed by atoms with E-state index in [9.17, 15) is 9.59 Å². The minimum Gasteiger partial charge on any atom is -0.377 e. The molecule has 0 spiro atoms. The number of nitrogens with one attached hydrogen (secondary N) is 4. The van der Waals surface area contributed by atoms with Crippen LogP contribution in [0.4, 0.5) is 0 Å². The van der Waals surface area contributed by atoms with Crippen LogP contribution in [-0.4, -0.2) is 84.9 Å². The number of ether oxygens (including phenoxy) is 2. The molecule has 1 aliphatic rings. The van der Waals surface area contributed by atoms with E-state index < -0.39 is 0 Å². The Morgan fingerprint density at radius 2 is 1.47 bits per heavy atom. The number of amides is 2. The second-order valence-corrected chi connectivity index (χ2v) is 6.66. The van der Waals surface area contributed by atoms with E-state index in [2.05, 4.69) is 31.7 Å². The van der Waals surface area contributed by atoms with Gasteiger partial charge in [0.1, 0.15) is 0 Å². The summed E-state index contributed by atoms with van der Waals surface area (Å²) in [6, 6.07) is 0. The average molecular weight is 458 g/mol. The van der Waals surface area contributed by atoms with Crippen molar-refractivity contribution in [3.63, 3.8) is 0 Å². The molecule has 0 aliphatic carbocycles. The molecule has 0 aromatic carbocycles. The van der Waals surface area contributed by atoms with Gasteiger partial charge in [0.15, 0.2) is 10.2 Å². The van der Waals surface area contributed by atoms with Crippen LogP contribution in [-0.2, 0) is 19.1 Å². The Bertz CT molecular complexity index is 707. The molecule has 13 heteroatoms. The van der Waals surface area contributed by atoms with Crippen molar-refractivity contribution in [2.45, 2.75) is 13.8 Å². The van der Waals surface area contributed by atoms with Crippen LogP contribution in [0.2, 0.25) is 0 Å². The molecule has 0 aromatic rings. The number of imide groups is 1. The van der Waals surface area contributed by atoms with E-state index in [1.165, 1.54) is 12.2 Å². The Morgan fingerprint density at radius 3 is 2.03 bits per heavy atom. The fraction of sp³-hybridized carbons (Fsp3) is 0.529. The van der Waals surface area contributed by atoms with E-state index in [0.717, 1.165) is 4.90 Å². The minimum atomic E-state index is -0.313. The lowest BCUT2D eigenvalue weighted by Gasteiger charge is -2.13. The molecule has 1 aliphatic heterocycles. The zero-order valence-electron chi connectivity index (χ0n) is 17.2. The van der Waals surface area contributed by atoms with E-state index in [1.807, 2.05) is 0 Å². The molecule has 30 heavy (non-hydrogen) atoms. The van der Waals surface area contributed by atoms with E-state index in [1.54, 1.807) is 20.9 Å². The summed E-state index contributed by atoms with van der Waals surface area (Å²) in [6.45, 7) is 5.74. The van der Waals surface area contributed by atoms with Crippen molar-refractivity contribution in [2.24, 2.45) is 10.2 Å². The predicted molar refractivity (Wildman–Crippen MR) is 122 cm³/mol. The minimum absolute atomic E-state index is 0.231. The third kappa shape index (κ3) is 10.3. The lowest BCUT2D eigenvalue weighted by molar-refractivity contribution is -0.137. The maximum atomic E-state index is 11.4. The first-order valence-corrected chi connectivity index (χ1v) is 9.96. The lowest BCUT2D eigenvalue weighted by atomic mass is 10.3. The van der Waals surface area contributed by atoms with Crippen molar-refractivity contribution < 1.29 is 19.1 Å². The molecule has 11 nitrogen and oxygen atoms in total. The van der Waals surface area contributed by atoms with Gasteiger partial charge in [-0.1, -0.05) is 0 Å². The van der Waals surface area contributed by atoms with Gasteiger partial charge in [0.05, 0.1) is 44.4 Å². The van der Waals surface area contributed by atoms with Gasteiger partial charge in [-0.05, 0) is 38.3 Å². The number of carbonyl (C=O) groups excluding carboxylic acids is 2. The molecule has 1 rings (SSSR count). The summed E-state index contributed by atoms with van der Waals surface area (Å²) in [7, 11) is 1.70. The van der Waals surface area contributed by atoms with Gasteiger partial charge in [-0.3, -0.25) is 25.3 Å². The first-order valence-electron chi connectivity index (χ1n) is 9.14. The quantitative estimate of drug-likeness (QED) is 0.0977. The molecular formula is C17H27N7O4S2. The first kappa shape index (κ1) is 25.6. The van der Waals surface area contributed by atoms with Gasteiger partial charge in [-0.15, -0.1) is 0 Å². The number of rotatable bonds is 12. The van der Waals surface area contributed by atoms with E-state index >= 15 is 0 Å². The van der Waals surface area contributed by atoms with Gasteiger partial charge in [0.25, 0.3) is 11.8 Å². The normalized spacial score (nSPS) is 14.2. The molecule has 0 saturated carbocycles. The summed E-state index contributed by atoms with van der Waals surface area (Å²) in [5, 5.41) is 14.7. The molecule has 0 aromatic heterocycles. The Labute approximate surface area is 186 Å². The summed E-state index contributed by atoms with van der Waals surface area (Å²) in [4.78, 5) is 23.8. The van der Waals surface area contributed by atoms with Crippen molar-refractivity contribution in [1.82, 2.24) is 26.4 Å².